The third-order valence-corrected chi connectivity index (χ3v) is 5.48. The zero-order valence-electron chi connectivity index (χ0n) is 14.8. The number of amides is 1. The zero-order valence-corrected chi connectivity index (χ0v) is 14.8. The van der Waals surface area contributed by atoms with Gasteiger partial charge < -0.3 is 14.4 Å². The Morgan fingerprint density at radius 2 is 2.04 bits per heavy atom. The molecule has 1 aromatic carbocycles. The highest BCUT2D eigenvalue weighted by molar-refractivity contribution is 5.94. The van der Waals surface area contributed by atoms with Gasteiger partial charge in [-0.15, -0.1) is 0 Å². The Kier molecular flexibility index (Phi) is 5.00. The number of nitrogens with zero attached hydrogens (tertiary/aromatic N) is 2. The summed E-state index contributed by atoms with van der Waals surface area (Å²) in [5.41, 5.74) is 1.76. The fraction of sp³-hybridized carbons (Fsp3) is 0.429. The van der Waals surface area contributed by atoms with Crippen LogP contribution in [0, 0.1) is 5.41 Å². The van der Waals surface area contributed by atoms with Gasteiger partial charge in [0, 0.05) is 43.1 Å². The van der Waals surface area contributed by atoms with Crippen LogP contribution in [0.2, 0.25) is 0 Å². The van der Waals surface area contributed by atoms with Gasteiger partial charge in [-0.25, -0.2) is 0 Å². The number of hydrogen-bond donors (Lipinski definition) is 0. The molecule has 2 atom stereocenters. The molecule has 2 saturated heterocycles. The van der Waals surface area contributed by atoms with Crippen molar-refractivity contribution in [1.29, 1.82) is 0 Å². The molecule has 0 saturated carbocycles. The third kappa shape index (κ3) is 3.50. The average molecular weight is 352 g/mol. The number of pyridine rings is 1. The molecule has 1 amide bonds. The molecule has 136 valence electrons. The van der Waals surface area contributed by atoms with E-state index in [1.54, 1.807) is 12.4 Å². The van der Waals surface area contributed by atoms with Crippen LogP contribution in [0.3, 0.4) is 0 Å². The number of benzene rings is 1. The summed E-state index contributed by atoms with van der Waals surface area (Å²) in [4.78, 5) is 18.9. The van der Waals surface area contributed by atoms with Gasteiger partial charge in [-0.1, -0.05) is 18.2 Å². The number of likely N-dealkylation sites (tertiary alicyclic amines) is 1. The lowest BCUT2D eigenvalue weighted by atomic mass is 9.77. The Morgan fingerprint density at radius 1 is 1.23 bits per heavy atom. The molecular formula is C21H24N2O3. The minimum atomic E-state index is -0.101. The molecule has 26 heavy (non-hydrogen) atoms. The van der Waals surface area contributed by atoms with Crippen molar-refractivity contribution in [1.82, 2.24) is 9.88 Å². The highest BCUT2D eigenvalue weighted by atomic mass is 16.5. The maximum absolute atomic E-state index is 12.9. The molecule has 2 aliphatic heterocycles. The molecule has 0 radical (unpaired) electrons. The fourth-order valence-electron chi connectivity index (χ4n) is 4.04. The molecule has 0 bridgehead atoms. The molecule has 0 N–H and O–H groups in total. The Balaban J connectivity index is 1.43. The second-order valence-corrected chi connectivity index (χ2v) is 7.20. The molecule has 0 aliphatic carbocycles. The van der Waals surface area contributed by atoms with Gasteiger partial charge in [-0.05, 0) is 42.7 Å². The molecule has 0 spiro atoms. The van der Waals surface area contributed by atoms with Crippen molar-refractivity contribution < 1.29 is 14.3 Å². The summed E-state index contributed by atoms with van der Waals surface area (Å²) in [6.07, 6.45) is 5.54. The molecule has 4 rings (SSSR count). The van der Waals surface area contributed by atoms with E-state index in [1.165, 1.54) is 0 Å². The minimum Gasteiger partial charge on any atom is -0.377 e. The topological polar surface area (TPSA) is 51.7 Å². The van der Waals surface area contributed by atoms with Gasteiger partial charge in [0.2, 0.25) is 0 Å². The number of carbonyl (C=O) groups is 1. The predicted octanol–water partition coefficient (Wildman–Crippen LogP) is 2.92. The normalized spacial score (nSPS) is 25.1. The van der Waals surface area contributed by atoms with E-state index < -0.39 is 0 Å². The van der Waals surface area contributed by atoms with E-state index in [9.17, 15) is 4.79 Å². The SMILES string of the molecule is O=C(c1ccccc1)N1CC[C@H]2OCC[C@@]2(COCc2ccncc2)C1. The summed E-state index contributed by atoms with van der Waals surface area (Å²) >= 11 is 0. The van der Waals surface area contributed by atoms with Crippen molar-refractivity contribution in [2.45, 2.75) is 25.6 Å². The van der Waals surface area contributed by atoms with Crippen LogP contribution in [-0.2, 0) is 16.1 Å². The van der Waals surface area contributed by atoms with Crippen LogP contribution < -0.4 is 0 Å². The molecule has 2 fully saturated rings. The first-order valence-corrected chi connectivity index (χ1v) is 9.19. The first kappa shape index (κ1) is 17.2. The maximum atomic E-state index is 12.9. The van der Waals surface area contributed by atoms with E-state index in [0.717, 1.165) is 37.1 Å². The predicted molar refractivity (Wildman–Crippen MR) is 97.6 cm³/mol. The summed E-state index contributed by atoms with van der Waals surface area (Å²) in [5.74, 6) is 0.101. The standard InChI is InChI=1S/C21H24N2O3/c24-20(18-4-2-1-3-5-18)23-12-8-19-21(15-23,9-13-26-19)16-25-14-17-6-10-22-11-7-17/h1-7,10-11,19H,8-9,12-16H2/t19-,21+/m1/s1. The number of piperidine rings is 1. The quantitative estimate of drug-likeness (QED) is 0.830. The second-order valence-electron chi connectivity index (χ2n) is 7.20. The zero-order chi connectivity index (χ0) is 17.8. The van der Waals surface area contributed by atoms with E-state index in [0.29, 0.717) is 19.8 Å². The van der Waals surface area contributed by atoms with Crippen LogP contribution in [0.1, 0.15) is 28.8 Å². The van der Waals surface area contributed by atoms with Gasteiger partial charge >= 0.3 is 0 Å². The second kappa shape index (κ2) is 7.56. The monoisotopic (exact) mass is 352 g/mol. The van der Waals surface area contributed by atoms with Gasteiger partial charge in [-0.3, -0.25) is 9.78 Å². The molecule has 1 aromatic heterocycles. The summed E-state index contributed by atoms with van der Waals surface area (Å²) in [7, 11) is 0. The van der Waals surface area contributed by atoms with Crippen LogP contribution in [0.5, 0.6) is 0 Å². The van der Waals surface area contributed by atoms with Gasteiger partial charge in [-0.2, -0.15) is 0 Å². The van der Waals surface area contributed by atoms with Gasteiger partial charge in [0.25, 0.3) is 5.91 Å². The Labute approximate surface area is 153 Å². The van der Waals surface area contributed by atoms with Crippen LogP contribution in [0.15, 0.2) is 54.9 Å². The molecular weight excluding hydrogens is 328 g/mol. The smallest absolute Gasteiger partial charge is 0.253 e. The van der Waals surface area contributed by atoms with E-state index in [4.69, 9.17) is 9.47 Å². The highest BCUT2D eigenvalue weighted by Crippen LogP contribution is 2.41. The number of aromatic nitrogens is 1. The van der Waals surface area contributed by atoms with Crippen LogP contribution in [-0.4, -0.2) is 48.2 Å². The van der Waals surface area contributed by atoms with Crippen molar-refractivity contribution in [2.24, 2.45) is 5.41 Å². The largest absolute Gasteiger partial charge is 0.377 e. The van der Waals surface area contributed by atoms with E-state index in [-0.39, 0.29) is 17.4 Å². The third-order valence-electron chi connectivity index (χ3n) is 5.48. The molecule has 3 heterocycles. The van der Waals surface area contributed by atoms with E-state index >= 15 is 0 Å². The lowest BCUT2D eigenvalue weighted by Crippen LogP contribution is -2.53. The van der Waals surface area contributed by atoms with Gasteiger partial charge in [0.15, 0.2) is 0 Å². The Bertz CT molecular complexity index is 737. The van der Waals surface area contributed by atoms with E-state index in [2.05, 4.69) is 4.98 Å². The van der Waals surface area contributed by atoms with Gasteiger partial charge in [0.05, 0.1) is 19.3 Å². The van der Waals surface area contributed by atoms with Crippen molar-refractivity contribution in [3.63, 3.8) is 0 Å². The Morgan fingerprint density at radius 3 is 2.85 bits per heavy atom. The van der Waals surface area contributed by atoms with Crippen molar-refractivity contribution in [2.75, 3.05) is 26.3 Å². The van der Waals surface area contributed by atoms with Crippen LogP contribution >= 0.6 is 0 Å². The molecule has 0 unspecified atom stereocenters. The molecule has 5 nitrogen and oxygen atoms in total. The lowest BCUT2D eigenvalue weighted by Gasteiger charge is -2.43. The Hall–Kier alpha value is -2.24. The maximum Gasteiger partial charge on any atom is 0.253 e. The van der Waals surface area contributed by atoms with Gasteiger partial charge in [0.1, 0.15) is 0 Å². The van der Waals surface area contributed by atoms with Crippen molar-refractivity contribution in [3.8, 4) is 0 Å². The lowest BCUT2D eigenvalue weighted by molar-refractivity contribution is -0.0602. The average Bonchev–Trinajstić information content (AvgIpc) is 3.12. The highest BCUT2D eigenvalue weighted by Gasteiger charge is 2.49. The first-order valence-electron chi connectivity index (χ1n) is 9.19. The summed E-state index contributed by atoms with van der Waals surface area (Å²) in [6.45, 7) is 3.35. The molecule has 5 heteroatoms. The number of carbonyl (C=O) groups excluding carboxylic acids is 1. The van der Waals surface area contributed by atoms with Crippen LogP contribution in [0.4, 0.5) is 0 Å². The molecule has 2 aliphatic rings. The molecule has 2 aromatic rings. The fourth-order valence-corrected chi connectivity index (χ4v) is 4.04. The first-order chi connectivity index (χ1) is 12.8. The number of rotatable bonds is 5. The summed E-state index contributed by atoms with van der Waals surface area (Å²) in [5, 5.41) is 0. The van der Waals surface area contributed by atoms with Crippen LogP contribution in [0.25, 0.3) is 0 Å². The number of hydrogen-bond acceptors (Lipinski definition) is 4. The van der Waals surface area contributed by atoms with Crippen molar-refractivity contribution in [3.05, 3.63) is 66.0 Å². The summed E-state index contributed by atoms with van der Waals surface area (Å²) < 4.78 is 12.0. The number of fused-ring (bicyclic) bond motifs is 1. The number of ether oxygens (including phenoxy) is 2. The summed E-state index contributed by atoms with van der Waals surface area (Å²) in [6, 6.07) is 13.4. The van der Waals surface area contributed by atoms with E-state index in [1.807, 2.05) is 47.4 Å². The van der Waals surface area contributed by atoms with Crippen molar-refractivity contribution >= 4 is 5.91 Å². The minimum absolute atomic E-state index is 0.101.